The zero-order valence-corrected chi connectivity index (χ0v) is 15.5. The van der Waals surface area contributed by atoms with Gasteiger partial charge in [0.05, 0.1) is 10.6 Å². The number of benzene rings is 1. The molecule has 0 N–H and O–H groups in total. The number of hydrogen-bond acceptors (Lipinski definition) is 5. The van der Waals surface area contributed by atoms with Crippen LogP contribution in [-0.2, 0) is 0 Å². The highest BCUT2D eigenvalue weighted by atomic mass is 35.5. The third-order valence-electron chi connectivity index (χ3n) is 4.26. The first-order valence-electron chi connectivity index (χ1n) is 8.27. The van der Waals surface area contributed by atoms with Crippen LogP contribution >= 0.6 is 11.6 Å². The normalized spacial score (nSPS) is 14.6. The summed E-state index contributed by atoms with van der Waals surface area (Å²) in [5.74, 6) is 2.52. The van der Waals surface area contributed by atoms with E-state index in [-0.39, 0.29) is 5.91 Å². The maximum atomic E-state index is 12.7. The van der Waals surface area contributed by atoms with E-state index in [0.717, 1.165) is 30.5 Å². The molecule has 1 aliphatic rings. The van der Waals surface area contributed by atoms with Crippen molar-refractivity contribution in [1.82, 2.24) is 14.9 Å². The number of amides is 1. The molecule has 1 aromatic carbocycles. The third-order valence-corrected chi connectivity index (χ3v) is 4.59. The summed E-state index contributed by atoms with van der Waals surface area (Å²) in [6, 6.07) is 9.17. The van der Waals surface area contributed by atoms with Crippen molar-refractivity contribution >= 4 is 29.1 Å². The quantitative estimate of drug-likeness (QED) is 0.842. The summed E-state index contributed by atoms with van der Waals surface area (Å²) in [6.07, 6.45) is 0. The molecule has 0 atom stereocenters. The Bertz CT molecular complexity index is 772. The topological polar surface area (TPSA) is 52.6 Å². The molecule has 1 saturated heterocycles. The lowest BCUT2D eigenvalue weighted by Gasteiger charge is -2.35. The van der Waals surface area contributed by atoms with E-state index >= 15 is 0 Å². The number of anilines is 2. The van der Waals surface area contributed by atoms with Gasteiger partial charge in [-0.25, -0.2) is 9.97 Å². The highest BCUT2D eigenvalue weighted by Gasteiger charge is 2.24. The molecule has 1 amide bonds. The van der Waals surface area contributed by atoms with Gasteiger partial charge in [-0.15, -0.1) is 0 Å². The SMILES string of the molecule is Cc1nc(N(C)C)cc(N2CCN(C(=O)c3ccccc3Cl)CC2)n1. The maximum absolute atomic E-state index is 12.7. The van der Waals surface area contributed by atoms with Crippen LogP contribution < -0.4 is 9.80 Å². The molecule has 1 aliphatic heterocycles. The Morgan fingerprint density at radius 3 is 2.44 bits per heavy atom. The summed E-state index contributed by atoms with van der Waals surface area (Å²) >= 11 is 6.15. The largest absolute Gasteiger partial charge is 0.363 e. The molecule has 2 heterocycles. The number of nitrogens with zero attached hydrogens (tertiary/aromatic N) is 5. The third kappa shape index (κ3) is 3.85. The highest BCUT2D eigenvalue weighted by Crippen LogP contribution is 2.21. The molecule has 0 spiro atoms. The molecule has 1 fully saturated rings. The van der Waals surface area contributed by atoms with Crippen LogP contribution in [0, 0.1) is 6.92 Å². The summed E-state index contributed by atoms with van der Waals surface area (Å²) in [5, 5.41) is 0.497. The molecule has 1 aromatic heterocycles. The van der Waals surface area contributed by atoms with Crippen LogP contribution in [0.15, 0.2) is 30.3 Å². The van der Waals surface area contributed by atoms with Crippen LogP contribution in [0.3, 0.4) is 0 Å². The van der Waals surface area contributed by atoms with Crippen molar-refractivity contribution in [3.8, 4) is 0 Å². The van der Waals surface area contributed by atoms with Crippen molar-refractivity contribution in [3.63, 3.8) is 0 Å². The first kappa shape index (κ1) is 17.5. The molecule has 25 heavy (non-hydrogen) atoms. The van der Waals surface area contributed by atoms with Crippen LogP contribution in [0.4, 0.5) is 11.6 Å². The summed E-state index contributed by atoms with van der Waals surface area (Å²) in [7, 11) is 3.93. The minimum atomic E-state index is -0.0156. The van der Waals surface area contributed by atoms with Gasteiger partial charge < -0.3 is 14.7 Å². The number of piperazine rings is 1. The number of rotatable bonds is 3. The molecule has 0 bridgehead atoms. The van der Waals surface area contributed by atoms with Gasteiger partial charge in [0.25, 0.3) is 5.91 Å². The molecule has 0 radical (unpaired) electrons. The minimum absolute atomic E-state index is 0.0156. The van der Waals surface area contributed by atoms with Gasteiger partial charge in [-0.3, -0.25) is 4.79 Å². The molecule has 132 valence electrons. The Labute approximate surface area is 153 Å². The molecule has 6 nitrogen and oxygen atoms in total. The van der Waals surface area contributed by atoms with Crippen molar-refractivity contribution in [2.24, 2.45) is 0 Å². The van der Waals surface area contributed by atoms with Crippen LogP contribution in [-0.4, -0.2) is 61.0 Å². The van der Waals surface area contributed by atoms with Crippen molar-refractivity contribution in [3.05, 3.63) is 46.7 Å². The average Bonchev–Trinajstić information content (AvgIpc) is 2.61. The lowest BCUT2D eigenvalue weighted by Crippen LogP contribution is -2.49. The Hall–Kier alpha value is -2.34. The number of carbonyl (C=O) groups excluding carboxylic acids is 1. The van der Waals surface area contributed by atoms with Crippen LogP contribution in [0.2, 0.25) is 5.02 Å². The Kier molecular flexibility index (Phi) is 5.08. The molecule has 0 aliphatic carbocycles. The van der Waals surface area contributed by atoms with Crippen molar-refractivity contribution in [2.75, 3.05) is 50.1 Å². The van der Waals surface area contributed by atoms with E-state index in [1.807, 2.05) is 49.0 Å². The van der Waals surface area contributed by atoms with Crippen LogP contribution in [0.1, 0.15) is 16.2 Å². The standard InChI is InChI=1S/C18H22ClN5O/c1-13-20-16(22(2)3)12-17(21-13)23-8-10-24(11-9-23)18(25)14-6-4-5-7-15(14)19/h4-7,12H,8-11H2,1-3H3. The molecule has 0 unspecified atom stereocenters. The number of hydrogen-bond donors (Lipinski definition) is 0. The van der Waals surface area contributed by atoms with Crippen LogP contribution in [0.25, 0.3) is 0 Å². The molecule has 2 aromatic rings. The second kappa shape index (κ2) is 7.27. The summed E-state index contributed by atoms with van der Waals surface area (Å²) < 4.78 is 0. The second-order valence-electron chi connectivity index (χ2n) is 6.29. The molecule has 0 saturated carbocycles. The predicted octanol–water partition coefficient (Wildman–Crippen LogP) is 2.47. The first-order chi connectivity index (χ1) is 12.0. The van der Waals surface area contributed by atoms with Gasteiger partial charge in [0, 0.05) is 46.3 Å². The van der Waals surface area contributed by atoms with Crippen LogP contribution in [0.5, 0.6) is 0 Å². The fraction of sp³-hybridized carbons (Fsp3) is 0.389. The van der Waals surface area contributed by atoms with Gasteiger partial charge in [-0.1, -0.05) is 23.7 Å². The van der Waals surface area contributed by atoms with Crippen molar-refractivity contribution in [2.45, 2.75) is 6.92 Å². The lowest BCUT2D eigenvalue weighted by molar-refractivity contribution is 0.0746. The van der Waals surface area contributed by atoms with E-state index in [4.69, 9.17) is 11.6 Å². The zero-order valence-electron chi connectivity index (χ0n) is 14.7. The Morgan fingerprint density at radius 2 is 1.80 bits per heavy atom. The van der Waals surface area contributed by atoms with Gasteiger partial charge in [0.1, 0.15) is 17.5 Å². The molecular formula is C18H22ClN5O. The van der Waals surface area contributed by atoms with E-state index in [1.165, 1.54) is 0 Å². The van der Waals surface area contributed by atoms with E-state index in [0.29, 0.717) is 23.7 Å². The molecular weight excluding hydrogens is 338 g/mol. The fourth-order valence-electron chi connectivity index (χ4n) is 2.87. The van der Waals surface area contributed by atoms with E-state index in [9.17, 15) is 4.79 Å². The summed E-state index contributed by atoms with van der Waals surface area (Å²) in [4.78, 5) is 27.6. The number of carbonyl (C=O) groups is 1. The lowest BCUT2D eigenvalue weighted by atomic mass is 10.2. The van der Waals surface area contributed by atoms with Gasteiger partial charge >= 0.3 is 0 Å². The Balaban J connectivity index is 1.70. The maximum Gasteiger partial charge on any atom is 0.255 e. The van der Waals surface area contributed by atoms with Crippen molar-refractivity contribution < 1.29 is 4.79 Å². The highest BCUT2D eigenvalue weighted by molar-refractivity contribution is 6.33. The summed E-state index contributed by atoms with van der Waals surface area (Å²) in [5.41, 5.74) is 0.561. The van der Waals surface area contributed by atoms with E-state index < -0.39 is 0 Å². The number of aromatic nitrogens is 2. The van der Waals surface area contributed by atoms with Gasteiger partial charge in [0.15, 0.2) is 0 Å². The van der Waals surface area contributed by atoms with Gasteiger partial charge in [-0.2, -0.15) is 0 Å². The Morgan fingerprint density at radius 1 is 1.12 bits per heavy atom. The zero-order chi connectivity index (χ0) is 18.0. The second-order valence-corrected chi connectivity index (χ2v) is 6.69. The minimum Gasteiger partial charge on any atom is -0.363 e. The number of aryl methyl sites for hydroxylation is 1. The summed E-state index contributed by atoms with van der Waals surface area (Å²) in [6.45, 7) is 4.65. The van der Waals surface area contributed by atoms with Crippen molar-refractivity contribution in [1.29, 1.82) is 0 Å². The van der Waals surface area contributed by atoms with Gasteiger partial charge in [0.2, 0.25) is 0 Å². The number of halogens is 1. The monoisotopic (exact) mass is 359 g/mol. The molecule has 7 heteroatoms. The fourth-order valence-corrected chi connectivity index (χ4v) is 3.09. The average molecular weight is 360 g/mol. The van der Waals surface area contributed by atoms with E-state index in [2.05, 4.69) is 14.9 Å². The first-order valence-corrected chi connectivity index (χ1v) is 8.65. The van der Waals surface area contributed by atoms with E-state index in [1.54, 1.807) is 12.1 Å². The molecule has 3 rings (SSSR count). The smallest absolute Gasteiger partial charge is 0.255 e. The predicted molar refractivity (Wildman–Crippen MR) is 101 cm³/mol. The van der Waals surface area contributed by atoms with Gasteiger partial charge in [-0.05, 0) is 19.1 Å².